The number of nitrogens with one attached hydrogen (secondary N) is 2. The quantitative estimate of drug-likeness (QED) is 0.178. The first kappa shape index (κ1) is 23.9. The van der Waals surface area contributed by atoms with Crippen molar-refractivity contribution in [1.82, 2.24) is 0 Å². The average Bonchev–Trinajstić information content (AvgIpc) is 2.87. The molecule has 3 rings (SSSR count). The van der Waals surface area contributed by atoms with Gasteiger partial charge in [0.05, 0.1) is 28.3 Å². The summed E-state index contributed by atoms with van der Waals surface area (Å²) in [6, 6.07) is 2.35. The summed E-state index contributed by atoms with van der Waals surface area (Å²) >= 11 is 6.53. The molecule has 0 radical (unpaired) electrons. The monoisotopic (exact) mass is 487 g/mol. The van der Waals surface area contributed by atoms with Crippen molar-refractivity contribution in [2.24, 2.45) is 0 Å². The lowest BCUT2D eigenvalue weighted by molar-refractivity contribution is -0.385. The molecule has 1 aliphatic rings. The lowest BCUT2D eigenvalue weighted by atomic mass is 10.1. The van der Waals surface area contributed by atoms with E-state index in [9.17, 15) is 28.1 Å². The normalized spacial score (nSPS) is 13.6. The van der Waals surface area contributed by atoms with E-state index in [0.717, 1.165) is 48.3 Å². The van der Waals surface area contributed by atoms with E-state index >= 15 is 0 Å². The van der Waals surface area contributed by atoms with Gasteiger partial charge in [0.15, 0.2) is 5.11 Å². The van der Waals surface area contributed by atoms with Crippen LogP contribution in [0.2, 0.25) is 0 Å². The molecule has 7 nitrogen and oxygen atoms in total. The van der Waals surface area contributed by atoms with Crippen LogP contribution in [-0.2, 0) is 23.8 Å². The van der Waals surface area contributed by atoms with Crippen molar-refractivity contribution in [3.8, 4) is 0 Å². The first-order chi connectivity index (χ1) is 15.1. The molecule has 0 atom stereocenters. The summed E-state index contributed by atoms with van der Waals surface area (Å²) in [5.41, 5.74) is -1.09. The highest BCUT2D eigenvalue weighted by atomic mass is 32.1. The Morgan fingerprint density at radius 3 is 2.62 bits per heavy atom. The summed E-state index contributed by atoms with van der Waals surface area (Å²) in [5.74, 6) is -0.511. The number of thiocarbonyl (C=S) groups is 1. The van der Waals surface area contributed by atoms with E-state index in [0.29, 0.717) is 23.1 Å². The number of nitrogens with zero attached hydrogens (tertiary/aromatic N) is 1. The number of thiophene rings is 1. The van der Waals surface area contributed by atoms with Crippen LogP contribution < -0.4 is 10.6 Å². The number of non-ortho nitro benzene ring substituents is 1. The molecule has 12 heteroatoms. The minimum atomic E-state index is -4.83. The molecule has 0 saturated carbocycles. The molecule has 0 spiro atoms. The van der Waals surface area contributed by atoms with E-state index < -0.39 is 34.0 Å². The Kier molecular flexibility index (Phi) is 7.34. The lowest BCUT2D eigenvalue weighted by Gasteiger charge is -2.16. The van der Waals surface area contributed by atoms with Crippen LogP contribution in [0, 0.1) is 10.1 Å². The fourth-order valence-electron chi connectivity index (χ4n) is 3.50. The molecule has 1 aromatic heterocycles. The SMILES string of the molecule is CCOC(=O)c1c(NC(=S)Nc2ccc([N+](=O)[O-])cc2C(F)(F)F)sc2c1CCCCC2. The van der Waals surface area contributed by atoms with E-state index in [2.05, 4.69) is 10.6 Å². The number of fused-ring (bicyclic) bond motifs is 1. The van der Waals surface area contributed by atoms with Gasteiger partial charge in [-0.25, -0.2) is 4.79 Å². The molecule has 2 aromatic rings. The number of carbonyl (C=O) groups excluding carboxylic acids is 1. The average molecular weight is 488 g/mol. The number of aryl methyl sites for hydroxylation is 1. The summed E-state index contributed by atoms with van der Waals surface area (Å²) in [5, 5.41) is 16.4. The Morgan fingerprint density at radius 1 is 1.25 bits per heavy atom. The number of halogens is 3. The number of ether oxygens (including phenoxy) is 1. The second kappa shape index (κ2) is 9.82. The van der Waals surface area contributed by atoms with Gasteiger partial charge < -0.3 is 15.4 Å². The van der Waals surface area contributed by atoms with Gasteiger partial charge in [-0.1, -0.05) is 6.42 Å². The van der Waals surface area contributed by atoms with Crippen LogP contribution in [0.1, 0.15) is 52.5 Å². The zero-order valence-electron chi connectivity index (χ0n) is 17.0. The van der Waals surface area contributed by atoms with Crippen LogP contribution in [-0.4, -0.2) is 22.6 Å². The molecule has 0 saturated heterocycles. The molecule has 0 aliphatic heterocycles. The predicted octanol–water partition coefficient (Wildman–Crippen LogP) is 5.93. The molecule has 0 fully saturated rings. The summed E-state index contributed by atoms with van der Waals surface area (Å²) < 4.78 is 45.5. The predicted molar refractivity (Wildman–Crippen MR) is 119 cm³/mol. The smallest absolute Gasteiger partial charge is 0.418 e. The van der Waals surface area contributed by atoms with Crippen LogP contribution in [0.25, 0.3) is 0 Å². The maximum absolute atomic E-state index is 13.4. The van der Waals surface area contributed by atoms with Crippen molar-refractivity contribution in [2.75, 3.05) is 17.2 Å². The van der Waals surface area contributed by atoms with Crippen molar-refractivity contribution in [3.63, 3.8) is 0 Å². The summed E-state index contributed by atoms with van der Waals surface area (Å²) in [6.45, 7) is 1.87. The largest absolute Gasteiger partial charge is 0.462 e. The first-order valence-electron chi connectivity index (χ1n) is 9.87. The van der Waals surface area contributed by atoms with Gasteiger partial charge in [0, 0.05) is 17.0 Å². The second-order valence-corrected chi connectivity index (χ2v) is 8.57. The fourth-order valence-corrected chi connectivity index (χ4v) is 5.05. The Bertz CT molecular complexity index is 1050. The number of carbonyl (C=O) groups is 1. The van der Waals surface area contributed by atoms with Crippen molar-refractivity contribution in [2.45, 2.75) is 45.2 Å². The van der Waals surface area contributed by atoms with E-state index in [4.69, 9.17) is 17.0 Å². The number of nitro benzene ring substituents is 1. The van der Waals surface area contributed by atoms with Crippen LogP contribution in [0.3, 0.4) is 0 Å². The van der Waals surface area contributed by atoms with Gasteiger partial charge in [-0.2, -0.15) is 13.2 Å². The zero-order chi connectivity index (χ0) is 23.5. The fraction of sp³-hybridized carbons (Fsp3) is 0.400. The van der Waals surface area contributed by atoms with Gasteiger partial charge in [0.25, 0.3) is 5.69 Å². The highest BCUT2D eigenvalue weighted by Crippen LogP contribution is 2.39. The van der Waals surface area contributed by atoms with Gasteiger partial charge in [-0.05, 0) is 56.5 Å². The molecular formula is C20H20F3N3O4S2. The molecule has 0 bridgehead atoms. The number of benzene rings is 1. The third kappa shape index (κ3) is 5.36. The molecule has 2 N–H and O–H groups in total. The maximum Gasteiger partial charge on any atom is 0.418 e. The van der Waals surface area contributed by atoms with Crippen LogP contribution in [0.5, 0.6) is 0 Å². The molecule has 0 amide bonds. The topological polar surface area (TPSA) is 93.5 Å². The number of anilines is 2. The number of hydrogen-bond donors (Lipinski definition) is 2. The third-order valence-electron chi connectivity index (χ3n) is 4.90. The Morgan fingerprint density at radius 2 is 1.97 bits per heavy atom. The first-order valence-corrected chi connectivity index (χ1v) is 11.1. The van der Waals surface area contributed by atoms with Gasteiger partial charge in [-0.3, -0.25) is 10.1 Å². The summed E-state index contributed by atoms with van der Waals surface area (Å²) in [6.07, 6.45) is -0.365. The van der Waals surface area contributed by atoms with Crippen molar-refractivity contribution < 1.29 is 27.6 Å². The van der Waals surface area contributed by atoms with Crippen molar-refractivity contribution in [3.05, 3.63) is 49.9 Å². The lowest BCUT2D eigenvalue weighted by Crippen LogP contribution is -2.22. The molecule has 172 valence electrons. The van der Waals surface area contributed by atoms with Crippen molar-refractivity contribution in [1.29, 1.82) is 0 Å². The standard InChI is InChI=1S/C20H20F3N3O4S2/c1-2-30-18(27)16-12-6-4-3-5-7-15(12)32-17(16)25-19(31)24-14-9-8-11(26(28)29)10-13(14)20(21,22)23/h8-10H,2-7H2,1H3,(H2,24,25,31). The van der Waals surface area contributed by atoms with Crippen molar-refractivity contribution >= 4 is 51.0 Å². The number of hydrogen-bond acceptors (Lipinski definition) is 6. The molecule has 32 heavy (non-hydrogen) atoms. The van der Waals surface area contributed by atoms with E-state index in [1.54, 1.807) is 6.92 Å². The van der Waals surface area contributed by atoms with Crippen LogP contribution >= 0.6 is 23.6 Å². The highest BCUT2D eigenvalue weighted by Gasteiger charge is 2.35. The minimum absolute atomic E-state index is 0.175. The van der Waals surface area contributed by atoms with E-state index in [1.807, 2.05) is 0 Å². The van der Waals surface area contributed by atoms with Gasteiger partial charge in [0.1, 0.15) is 5.00 Å². The number of alkyl halides is 3. The van der Waals surface area contributed by atoms with E-state index in [1.165, 1.54) is 11.3 Å². The molecule has 1 aromatic carbocycles. The zero-order valence-corrected chi connectivity index (χ0v) is 18.6. The number of nitro groups is 1. The Balaban J connectivity index is 1.90. The molecule has 1 heterocycles. The molecule has 0 unspecified atom stereocenters. The highest BCUT2D eigenvalue weighted by molar-refractivity contribution is 7.80. The Labute approximate surface area is 191 Å². The van der Waals surface area contributed by atoms with Gasteiger partial charge in [0.2, 0.25) is 0 Å². The summed E-state index contributed by atoms with van der Waals surface area (Å²) in [4.78, 5) is 23.6. The van der Waals surface area contributed by atoms with Gasteiger partial charge in [-0.15, -0.1) is 11.3 Å². The third-order valence-corrected chi connectivity index (χ3v) is 6.31. The van der Waals surface area contributed by atoms with Gasteiger partial charge >= 0.3 is 12.1 Å². The Hall–Kier alpha value is -2.73. The van der Waals surface area contributed by atoms with Crippen LogP contribution in [0.15, 0.2) is 18.2 Å². The molecular weight excluding hydrogens is 467 g/mol. The minimum Gasteiger partial charge on any atom is -0.462 e. The van der Waals surface area contributed by atoms with Crippen LogP contribution in [0.4, 0.5) is 29.5 Å². The number of rotatable bonds is 5. The maximum atomic E-state index is 13.4. The second-order valence-electron chi connectivity index (χ2n) is 7.05. The molecule has 1 aliphatic carbocycles. The van der Waals surface area contributed by atoms with E-state index in [-0.39, 0.29) is 11.7 Å². The number of esters is 1. The summed E-state index contributed by atoms with van der Waals surface area (Å²) in [7, 11) is 0.